The maximum Gasteiger partial charge on any atom is 0.339 e. The van der Waals surface area contributed by atoms with Gasteiger partial charge >= 0.3 is 11.9 Å². The van der Waals surface area contributed by atoms with E-state index in [0.717, 1.165) is 95.0 Å². The predicted octanol–water partition coefficient (Wildman–Crippen LogP) is 8.86. The molecule has 302 valence electrons. The zero-order valence-corrected chi connectivity index (χ0v) is 34.8. The Morgan fingerprint density at radius 2 is 1.18 bits per heavy atom. The fourth-order valence-corrected chi connectivity index (χ4v) is 7.17. The summed E-state index contributed by atoms with van der Waals surface area (Å²) >= 11 is 0. The average molecular weight is 771 g/mol. The van der Waals surface area contributed by atoms with E-state index in [9.17, 15) is 19.8 Å². The Kier molecular flexibility index (Phi) is 12.6. The SMILES string of the molecule is C=C(C)c1nn(C)c(C(OC(C)(C)C)C(=O)O)c1-c1ccc2c(c1)CCCO2.CC(C)c1nn(C)c(C(OC(C)(C)C)C(=O)O)c1-c1ccc2c(c1)CCCO2. The van der Waals surface area contributed by atoms with E-state index in [0.29, 0.717) is 17.1 Å². The molecule has 2 aliphatic heterocycles. The van der Waals surface area contributed by atoms with Gasteiger partial charge in [0.1, 0.15) is 11.5 Å². The summed E-state index contributed by atoms with van der Waals surface area (Å²) in [7, 11) is 3.53. The van der Waals surface area contributed by atoms with Crippen molar-refractivity contribution in [2.45, 2.75) is 117 Å². The first-order valence-corrected chi connectivity index (χ1v) is 19.3. The normalized spacial score (nSPS) is 15.1. The van der Waals surface area contributed by atoms with Crippen LogP contribution in [-0.4, -0.2) is 66.1 Å². The molecule has 2 aromatic heterocycles. The van der Waals surface area contributed by atoms with Crippen LogP contribution < -0.4 is 9.47 Å². The number of aryl methyl sites for hydroxylation is 4. The molecule has 2 atom stereocenters. The van der Waals surface area contributed by atoms with Crippen LogP contribution in [0.15, 0.2) is 43.0 Å². The number of hydrogen-bond acceptors (Lipinski definition) is 8. The van der Waals surface area contributed by atoms with Crippen molar-refractivity contribution in [3.63, 3.8) is 0 Å². The van der Waals surface area contributed by atoms with Gasteiger partial charge in [0, 0.05) is 25.2 Å². The lowest BCUT2D eigenvalue weighted by Crippen LogP contribution is -2.29. The summed E-state index contributed by atoms with van der Waals surface area (Å²) in [6, 6.07) is 12.0. The lowest BCUT2D eigenvalue weighted by Gasteiger charge is -2.26. The van der Waals surface area contributed by atoms with Crippen molar-refractivity contribution in [3.05, 3.63) is 76.9 Å². The molecular formula is C44H58N4O8. The van der Waals surface area contributed by atoms with Gasteiger partial charge in [0.05, 0.1) is 47.2 Å². The largest absolute Gasteiger partial charge is 0.493 e. The fourth-order valence-electron chi connectivity index (χ4n) is 7.17. The Morgan fingerprint density at radius 1 is 0.750 bits per heavy atom. The van der Waals surface area contributed by atoms with Gasteiger partial charge in [-0.2, -0.15) is 10.2 Å². The summed E-state index contributed by atoms with van der Waals surface area (Å²) in [5, 5.41) is 29.1. The molecule has 0 radical (unpaired) electrons. The number of carboxylic acids is 2. The molecule has 0 bridgehead atoms. The molecule has 6 rings (SSSR count). The van der Waals surface area contributed by atoms with Crippen molar-refractivity contribution in [2.75, 3.05) is 13.2 Å². The zero-order valence-electron chi connectivity index (χ0n) is 34.8. The van der Waals surface area contributed by atoms with Crippen LogP contribution >= 0.6 is 0 Å². The Morgan fingerprint density at radius 3 is 1.59 bits per heavy atom. The molecular weight excluding hydrogens is 713 g/mol. The lowest BCUT2D eigenvalue weighted by atomic mass is 9.92. The Balaban J connectivity index is 0.000000214. The molecule has 0 saturated heterocycles. The zero-order chi connectivity index (χ0) is 41.3. The number of aliphatic carboxylic acids is 2. The van der Waals surface area contributed by atoms with Crippen LogP contribution in [0.3, 0.4) is 0 Å². The van der Waals surface area contributed by atoms with Crippen molar-refractivity contribution in [1.29, 1.82) is 0 Å². The minimum atomic E-state index is -1.15. The Bertz CT molecular complexity index is 2100. The molecule has 0 aliphatic carbocycles. The van der Waals surface area contributed by atoms with Crippen molar-refractivity contribution in [1.82, 2.24) is 19.6 Å². The van der Waals surface area contributed by atoms with E-state index in [1.807, 2.05) is 72.7 Å². The van der Waals surface area contributed by atoms with Crippen LogP contribution in [0.5, 0.6) is 11.5 Å². The van der Waals surface area contributed by atoms with Gasteiger partial charge in [-0.1, -0.05) is 32.6 Å². The number of nitrogens with zero attached hydrogens (tertiary/aromatic N) is 4. The van der Waals surface area contributed by atoms with Crippen molar-refractivity contribution >= 4 is 17.5 Å². The van der Waals surface area contributed by atoms with Crippen LogP contribution in [0.1, 0.15) is 127 Å². The molecule has 2 aliphatic rings. The molecule has 12 heteroatoms. The summed E-state index contributed by atoms with van der Waals surface area (Å²) in [5.74, 6) is -0.124. The summed E-state index contributed by atoms with van der Waals surface area (Å²) in [6.07, 6.45) is 1.59. The van der Waals surface area contributed by atoms with E-state index >= 15 is 0 Å². The third-order valence-corrected chi connectivity index (χ3v) is 9.44. The predicted molar refractivity (Wildman–Crippen MR) is 216 cm³/mol. The Hall–Kier alpha value is -4.94. The molecule has 56 heavy (non-hydrogen) atoms. The van der Waals surface area contributed by atoms with Crippen molar-refractivity contribution < 1.29 is 38.7 Å². The van der Waals surface area contributed by atoms with Gasteiger partial charge in [-0.3, -0.25) is 9.36 Å². The maximum atomic E-state index is 12.1. The third kappa shape index (κ3) is 9.53. The lowest BCUT2D eigenvalue weighted by molar-refractivity contribution is -0.161. The number of hydrogen-bond donors (Lipinski definition) is 2. The van der Waals surface area contributed by atoms with E-state index in [-0.39, 0.29) is 5.92 Å². The molecule has 4 aromatic rings. The standard InChI is InChI=1S/C22H30N2O4.C22H28N2O4/c2*1-13(2)18-17(15-9-10-16-14(12-15)8-7-11-27-16)19(24(6)23-18)20(21(25)26)28-22(3,4)5/h9-10,12-13,20H,7-8,11H2,1-6H3,(H,25,26);9-10,12,20H,1,7-8,11H2,2-6H3,(H,25,26). The minimum absolute atomic E-state index is 0.145. The van der Waals surface area contributed by atoms with Crippen molar-refractivity contribution in [2.24, 2.45) is 14.1 Å². The van der Waals surface area contributed by atoms with Crippen LogP contribution in [0.25, 0.3) is 27.8 Å². The number of ether oxygens (including phenoxy) is 4. The van der Waals surface area contributed by atoms with Gasteiger partial charge in [0.2, 0.25) is 0 Å². The molecule has 0 fully saturated rings. The monoisotopic (exact) mass is 770 g/mol. The summed E-state index contributed by atoms with van der Waals surface area (Å²) in [5.41, 5.74) is 7.90. The molecule has 2 aromatic carbocycles. The number of rotatable bonds is 10. The van der Waals surface area contributed by atoms with Crippen LogP contribution in [0.4, 0.5) is 0 Å². The van der Waals surface area contributed by atoms with E-state index < -0.39 is 35.3 Å². The second-order valence-corrected chi connectivity index (χ2v) is 16.9. The maximum absolute atomic E-state index is 12.1. The van der Waals surface area contributed by atoms with Crippen LogP contribution in [0, 0.1) is 0 Å². The highest BCUT2D eigenvalue weighted by atomic mass is 16.5. The van der Waals surface area contributed by atoms with Gasteiger partial charge < -0.3 is 29.2 Å². The Labute approximate surface area is 330 Å². The first-order chi connectivity index (χ1) is 26.2. The number of carboxylic acid groups (broad SMARTS) is 2. The highest BCUT2D eigenvalue weighted by Gasteiger charge is 2.36. The summed E-state index contributed by atoms with van der Waals surface area (Å²) in [4.78, 5) is 24.3. The first kappa shape index (κ1) is 42.2. The minimum Gasteiger partial charge on any atom is -0.493 e. The van der Waals surface area contributed by atoms with Gasteiger partial charge in [-0.25, -0.2) is 9.59 Å². The number of aromatic nitrogens is 4. The number of fused-ring (bicyclic) bond motifs is 2. The summed E-state index contributed by atoms with van der Waals surface area (Å²) in [6.45, 7) is 22.6. The molecule has 4 heterocycles. The van der Waals surface area contributed by atoms with Crippen molar-refractivity contribution in [3.8, 4) is 33.8 Å². The van der Waals surface area contributed by atoms with E-state index in [2.05, 4.69) is 42.8 Å². The first-order valence-electron chi connectivity index (χ1n) is 19.3. The number of allylic oxidation sites excluding steroid dienone is 1. The highest BCUT2D eigenvalue weighted by Crippen LogP contribution is 2.41. The smallest absolute Gasteiger partial charge is 0.339 e. The molecule has 0 saturated carbocycles. The van der Waals surface area contributed by atoms with E-state index in [1.165, 1.54) is 0 Å². The molecule has 2 N–H and O–H groups in total. The second-order valence-electron chi connectivity index (χ2n) is 16.9. The quantitative estimate of drug-likeness (QED) is 0.160. The van der Waals surface area contributed by atoms with Gasteiger partial charge in [0.15, 0.2) is 12.2 Å². The summed E-state index contributed by atoms with van der Waals surface area (Å²) < 4.78 is 26.6. The number of benzene rings is 2. The van der Waals surface area contributed by atoms with Crippen LogP contribution in [-0.2, 0) is 46.0 Å². The average Bonchev–Trinajstić information content (AvgIpc) is 3.65. The highest BCUT2D eigenvalue weighted by molar-refractivity contribution is 5.85. The second kappa shape index (κ2) is 16.7. The van der Waals surface area contributed by atoms with E-state index in [1.54, 1.807) is 23.5 Å². The number of carbonyl (C=O) groups is 2. The van der Waals surface area contributed by atoms with Gasteiger partial charge in [-0.05, 0) is 132 Å². The third-order valence-electron chi connectivity index (χ3n) is 9.44. The topological polar surface area (TPSA) is 147 Å². The van der Waals surface area contributed by atoms with Gasteiger partial charge in [-0.15, -0.1) is 0 Å². The van der Waals surface area contributed by atoms with E-state index in [4.69, 9.17) is 18.9 Å². The van der Waals surface area contributed by atoms with Crippen LogP contribution in [0.2, 0.25) is 0 Å². The molecule has 2 unspecified atom stereocenters. The molecule has 0 amide bonds. The molecule has 0 spiro atoms. The van der Waals surface area contributed by atoms with Gasteiger partial charge in [0.25, 0.3) is 0 Å². The fraction of sp³-hybridized carbons (Fsp3) is 0.500. The molecule has 12 nitrogen and oxygen atoms in total.